The smallest absolute Gasteiger partial charge is 0.126 e. The lowest BCUT2D eigenvalue weighted by Gasteiger charge is -2.72. The molecule has 1 aliphatic heterocycles. The zero-order valence-corrected chi connectivity index (χ0v) is 7.79. The largest absolute Gasteiger partial charge is 0.379 e. The highest BCUT2D eigenvalue weighted by atomic mass is 16.5. The van der Waals surface area contributed by atoms with E-state index < -0.39 is 0 Å². The summed E-state index contributed by atoms with van der Waals surface area (Å²) < 4.78 is 5.32. The van der Waals surface area contributed by atoms with Crippen molar-refractivity contribution in [3.8, 4) is 0 Å². The van der Waals surface area contributed by atoms with Gasteiger partial charge in [-0.3, -0.25) is 4.90 Å². The normalized spacial score (nSPS) is 49.2. The van der Waals surface area contributed by atoms with E-state index in [1.165, 1.54) is 6.29 Å². The summed E-state index contributed by atoms with van der Waals surface area (Å²) in [4.78, 5) is 13.3. The maximum absolute atomic E-state index is 10.7. The van der Waals surface area contributed by atoms with E-state index in [4.69, 9.17) is 4.74 Å². The summed E-state index contributed by atoms with van der Waals surface area (Å²) in [5.41, 5.74) is 0.531. The molecule has 0 spiro atoms. The average Bonchev–Trinajstić information content (AvgIpc) is 2.02. The Balaban J connectivity index is 1.66. The number of rotatable bonds is 2. The van der Waals surface area contributed by atoms with Crippen LogP contribution >= 0.6 is 0 Å². The molecule has 0 aromatic carbocycles. The van der Waals surface area contributed by atoms with Crippen LogP contribution in [0.4, 0.5) is 0 Å². The van der Waals surface area contributed by atoms with Gasteiger partial charge in [0.2, 0.25) is 0 Å². The summed E-state index contributed by atoms with van der Waals surface area (Å²) in [5.74, 6) is 0. The first kappa shape index (κ1) is 7.94. The molecular formula is C10H15NO2. The number of ether oxygens (including phenoxy) is 1. The van der Waals surface area contributed by atoms with Crippen LogP contribution in [0.3, 0.4) is 0 Å². The molecule has 72 valence electrons. The first-order valence-electron chi connectivity index (χ1n) is 5.08. The molecule has 2 bridgehead atoms. The minimum absolute atomic E-state index is 0.109. The third kappa shape index (κ3) is 0.891. The summed E-state index contributed by atoms with van der Waals surface area (Å²) >= 11 is 0. The minimum Gasteiger partial charge on any atom is -0.379 e. The van der Waals surface area contributed by atoms with E-state index in [-0.39, 0.29) is 5.41 Å². The van der Waals surface area contributed by atoms with Crippen molar-refractivity contribution in [3.63, 3.8) is 0 Å². The summed E-state index contributed by atoms with van der Waals surface area (Å²) in [6, 6.07) is 0. The van der Waals surface area contributed by atoms with Crippen molar-refractivity contribution in [3.05, 3.63) is 0 Å². The molecule has 0 radical (unpaired) electrons. The van der Waals surface area contributed by atoms with Crippen molar-refractivity contribution in [1.82, 2.24) is 4.90 Å². The van der Waals surface area contributed by atoms with E-state index in [0.29, 0.717) is 5.54 Å². The predicted molar refractivity (Wildman–Crippen MR) is 47.5 cm³/mol. The van der Waals surface area contributed by atoms with Crippen LogP contribution in [0, 0.1) is 5.41 Å². The lowest BCUT2D eigenvalue weighted by Crippen LogP contribution is -2.76. The first-order valence-corrected chi connectivity index (χ1v) is 5.08. The molecule has 3 aliphatic carbocycles. The summed E-state index contributed by atoms with van der Waals surface area (Å²) in [6.45, 7) is 3.87. The molecule has 4 rings (SSSR count). The van der Waals surface area contributed by atoms with Gasteiger partial charge in [-0.1, -0.05) is 0 Å². The lowest BCUT2D eigenvalue weighted by atomic mass is 9.39. The van der Waals surface area contributed by atoms with Crippen molar-refractivity contribution in [1.29, 1.82) is 0 Å². The maximum atomic E-state index is 10.7. The topological polar surface area (TPSA) is 29.5 Å². The van der Waals surface area contributed by atoms with E-state index in [1.54, 1.807) is 0 Å². The van der Waals surface area contributed by atoms with E-state index in [9.17, 15) is 4.79 Å². The number of morpholine rings is 1. The Kier molecular flexibility index (Phi) is 1.43. The van der Waals surface area contributed by atoms with Gasteiger partial charge in [-0.2, -0.15) is 0 Å². The van der Waals surface area contributed by atoms with Gasteiger partial charge in [-0.25, -0.2) is 0 Å². The third-order valence-electron chi connectivity index (χ3n) is 3.98. The molecule has 13 heavy (non-hydrogen) atoms. The molecule has 3 saturated carbocycles. The highest BCUT2D eigenvalue weighted by molar-refractivity contribution is 5.67. The molecule has 4 fully saturated rings. The Morgan fingerprint density at radius 2 is 1.77 bits per heavy atom. The van der Waals surface area contributed by atoms with Gasteiger partial charge in [0.1, 0.15) is 6.29 Å². The van der Waals surface area contributed by atoms with Gasteiger partial charge >= 0.3 is 0 Å². The first-order chi connectivity index (χ1) is 6.29. The van der Waals surface area contributed by atoms with E-state index in [2.05, 4.69) is 4.90 Å². The molecule has 3 heteroatoms. The highest BCUT2D eigenvalue weighted by Crippen LogP contribution is 2.68. The van der Waals surface area contributed by atoms with Crippen LogP contribution in [0.15, 0.2) is 0 Å². The Morgan fingerprint density at radius 3 is 2.31 bits per heavy atom. The number of carbonyl (C=O) groups excluding carboxylic acids is 1. The van der Waals surface area contributed by atoms with E-state index >= 15 is 0 Å². The Bertz CT molecular complexity index is 226. The van der Waals surface area contributed by atoms with E-state index in [1.807, 2.05) is 0 Å². The van der Waals surface area contributed by atoms with Crippen molar-refractivity contribution < 1.29 is 9.53 Å². The van der Waals surface area contributed by atoms with Gasteiger partial charge in [0.25, 0.3) is 0 Å². The highest BCUT2D eigenvalue weighted by Gasteiger charge is 2.70. The monoisotopic (exact) mass is 181 g/mol. The van der Waals surface area contributed by atoms with Crippen molar-refractivity contribution in [2.75, 3.05) is 26.3 Å². The average molecular weight is 181 g/mol. The quantitative estimate of drug-likeness (QED) is 0.579. The maximum Gasteiger partial charge on any atom is 0.126 e. The molecule has 1 saturated heterocycles. The standard InChI is InChI=1S/C10H15NO2/c12-8-9-5-10(6-9,7-9)11-1-3-13-4-2-11/h8H,1-7H2. The second kappa shape index (κ2) is 2.34. The summed E-state index contributed by atoms with van der Waals surface area (Å²) in [5, 5.41) is 0. The van der Waals surface area contributed by atoms with E-state index in [0.717, 1.165) is 45.6 Å². The fraction of sp³-hybridized carbons (Fsp3) is 0.900. The van der Waals surface area contributed by atoms with Crippen LogP contribution in [0.25, 0.3) is 0 Å². The van der Waals surface area contributed by atoms with Crippen molar-refractivity contribution in [2.24, 2.45) is 5.41 Å². The van der Waals surface area contributed by atoms with Gasteiger partial charge < -0.3 is 9.53 Å². The number of hydrogen-bond acceptors (Lipinski definition) is 3. The Hall–Kier alpha value is -0.410. The second-order valence-electron chi connectivity index (χ2n) is 4.83. The molecule has 3 nitrogen and oxygen atoms in total. The van der Waals surface area contributed by atoms with Crippen LogP contribution in [0.5, 0.6) is 0 Å². The van der Waals surface area contributed by atoms with Crippen LogP contribution in [0.2, 0.25) is 0 Å². The number of aldehydes is 1. The summed E-state index contributed by atoms with van der Waals surface area (Å²) in [6.07, 6.45) is 4.52. The van der Waals surface area contributed by atoms with Gasteiger partial charge in [0.05, 0.1) is 13.2 Å². The summed E-state index contributed by atoms with van der Waals surface area (Å²) in [7, 11) is 0. The Morgan fingerprint density at radius 1 is 1.15 bits per heavy atom. The Labute approximate surface area is 78.0 Å². The van der Waals surface area contributed by atoms with Gasteiger partial charge in [-0.15, -0.1) is 0 Å². The molecule has 0 unspecified atom stereocenters. The molecule has 0 amide bonds. The number of carbonyl (C=O) groups is 1. The zero-order valence-electron chi connectivity index (χ0n) is 7.79. The molecular weight excluding hydrogens is 166 g/mol. The molecule has 1 heterocycles. The molecule has 0 atom stereocenters. The lowest BCUT2D eigenvalue weighted by molar-refractivity contribution is -0.218. The van der Waals surface area contributed by atoms with Crippen molar-refractivity contribution >= 4 is 6.29 Å². The number of hydrogen-bond donors (Lipinski definition) is 0. The number of nitrogens with zero attached hydrogens (tertiary/aromatic N) is 1. The molecule has 0 N–H and O–H groups in total. The van der Waals surface area contributed by atoms with Crippen LogP contribution in [-0.2, 0) is 9.53 Å². The van der Waals surface area contributed by atoms with Crippen molar-refractivity contribution in [2.45, 2.75) is 24.8 Å². The molecule has 0 aromatic heterocycles. The second-order valence-corrected chi connectivity index (χ2v) is 4.83. The van der Waals surface area contributed by atoms with Gasteiger partial charge in [0, 0.05) is 24.0 Å². The minimum atomic E-state index is 0.109. The van der Waals surface area contributed by atoms with Crippen LogP contribution in [-0.4, -0.2) is 43.0 Å². The third-order valence-corrected chi connectivity index (χ3v) is 3.98. The zero-order chi connectivity index (χ0) is 8.94. The van der Waals surface area contributed by atoms with Gasteiger partial charge in [-0.05, 0) is 19.3 Å². The predicted octanol–water partition coefficient (Wildman–Crippen LogP) is 0.440. The van der Waals surface area contributed by atoms with Gasteiger partial charge in [0.15, 0.2) is 0 Å². The fourth-order valence-corrected chi connectivity index (χ4v) is 3.31. The van der Waals surface area contributed by atoms with Crippen LogP contribution < -0.4 is 0 Å². The molecule has 0 aromatic rings. The molecule has 4 aliphatic rings. The fourth-order valence-electron chi connectivity index (χ4n) is 3.31. The SMILES string of the molecule is O=CC12CC(N3CCOCC3)(C1)C2. The van der Waals surface area contributed by atoms with Crippen LogP contribution in [0.1, 0.15) is 19.3 Å².